The largest absolute Gasteiger partial charge is 0.416 e. The number of guanidine groups is 1. The van der Waals surface area contributed by atoms with E-state index in [0.717, 1.165) is 4.31 Å². The fourth-order valence-corrected chi connectivity index (χ4v) is 4.97. The Hall–Kier alpha value is -2.02. The van der Waals surface area contributed by atoms with Gasteiger partial charge in [-0.15, -0.1) is 0 Å². The van der Waals surface area contributed by atoms with Crippen LogP contribution in [-0.2, 0) is 27.1 Å². The Morgan fingerprint density at radius 2 is 1.47 bits per heavy atom. The third-order valence-corrected chi connectivity index (χ3v) is 6.39. The Balaban J connectivity index is 2.03. The van der Waals surface area contributed by atoms with Crippen LogP contribution in [0.3, 0.4) is 0 Å². The van der Waals surface area contributed by atoms with Crippen molar-refractivity contribution in [1.29, 1.82) is 0 Å². The Morgan fingerprint density at radius 3 is 1.93 bits per heavy atom. The predicted molar refractivity (Wildman–Crippen MR) is 94.2 cm³/mol. The highest BCUT2D eigenvalue weighted by Crippen LogP contribution is 2.38. The van der Waals surface area contributed by atoms with E-state index in [1.165, 1.54) is 0 Å². The molecule has 0 spiro atoms. The zero-order valence-electron chi connectivity index (χ0n) is 16.0. The number of morpholine rings is 1. The summed E-state index contributed by atoms with van der Waals surface area (Å²) >= 11 is 0. The highest BCUT2D eigenvalue weighted by atomic mass is 32.2. The van der Waals surface area contributed by atoms with Gasteiger partial charge in [0.05, 0.1) is 41.3 Å². The minimum absolute atomic E-state index is 0.0111. The highest BCUT2D eigenvalue weighted by Gasteiger charge is 2.41. The molecule has 1 saturated heterocycles. The van der Waals surface area contributed by atoms with E-state index in [9.17, 15) is 34.8 Å². The van der Waals surface area contributed by atoms with E-state index >= 15 is 0 Å². The van der Waals surface area contributed by atoms with Crippen LogP contribution in [0.2, 0.25) is 0 Å². The molecule has 0 bridgehead atoms. The summed E-state index contributed by atoms with van der Waals surface area (Å²) in [6.45, 7) is 3.95. The summed E-state index contributed by atoms with van der Waals surface area (Å²) in [5.74, 6) is -0.0111. The van der Waals surface area contributed by atoms with Crippen LogP contribution in [0.5, 0.6) is 0 Å². The molecule has 1 aromatic rings. The molecule has 0 N–H and O–H groups in total. The second-order valence-electron chi connectivity index (χ2n) is 7.16. The van der Waals surface area contributed by atoms with Crippen LogP contribution >= 0.6 is 0 Å². The van der Waals surface area contributed by atoms with E-state index in [4.69, 9.17) is 4.74 Å². The van der Waals surface area contributed by atoms with Gasteiger partial charge in [0.25, 0.3) is 10.0 Å². The molecule has 0 saturated carbocycles. The molecule has 2 heterocycles. The molecule has 0 unspecified atom stereocenters. The lowest BCUT2D eigenvalue weighted by atomic mass is 10.1. The number of ether oxygens (including phenoxy) is 1. The SMILES string of the molecule is C[C@H]1CN(C2=NCCN2S(=O)(=O)c2cc(C(F)(F)F)cc(C(F)(F)F)c2)C[C@H](C)O1. The van der Waals surface area contributed by atoms with Crippen LogP contribution in [-0.4, -0.2) is 62.0 Å². The molecule has 0 amide bonds. The van der Waals surface area contributed by atoms with Gasteiger partial charge in [-0.25, -0.2) is 12.7 Å². The first-order chi connectivity index (χ1) is 13.7. The van der Waals surface area contributed by atoms with Crippen LogP contribution in [0.25, 0.3) is 0 Å². The summed E-state index contributed by atoms with van der Waals surface area (Å²) in [5.41, 5.74) is -3.38. The van der Waals surface area contributed by atoms with E-state index in [1.807, 2.05) is 0 Å². The van der Waals surface area contributed by atoms with Gasteiger partial charge in [0.1, 0.15) is 0 Å². The Kier molecular flexibility index (Phi) is 5.73. The third kappa shape index (κ3) is 4.51. The van der Waals surface area contributed by atoms with Gasteiger partial charge in [-0.05, 0) is 32.0 Å². The maximum absolute atomic E-state index is 13.1. The van der Waals surface area contributed by atoms with Crippen molar-refractivity contribution in [2.45, 2.75) is 43.3 Å². The van der Waals surface area contributed by atoms with Crippen LogP contribution in [0, 0.1) is 0 Å². The molecule has 2 aliphatic heterocycles. The van der Waals surface area contributed by atoms with Gasteiger partial charge in [-0.3, -0.25) is 4.99 Å². The molecule has 2 aliphatic rings. The molecular weight excluding hydrogens is 440 g/mol. The fourth-order valence-electron chi connectivity index (χ4n) is 3.45. The lowest BCUT2D eigenvalue weighted by Gasteiger charge is -2.38. The summed E-state index contributed by atoms with van der Waals surface area (Å²) in [7, 11) is -4.72. The van der Waals surface area contributed by atoms with Crippen LogP contribution < -0.4 is 0 Å². The second-order valence-corrected chi connectivity index (χ2v) is 9.03. The number of hydrogen-bond donors (Lipinski definition) is 0. The number of nitrogens with zero attached hydrogens (tertiary/aromatic N) is 3. The molecular formula is C17H19F6N3O3S. The first-order valence-corrected chi connectivity index (χ1v) is 10.4. The summed E-state index contributed by atoms with van der Waals surface area (Å²) in [4.78, 5) is 4.66. The van der Waals surface area contributed by atoms with Gasteiger partial charge in [0.15, 0.2) is 0 Å². The maximum atomic E-state index is 13.1. The van der Waals surface area contributed by atoms with Crippen molar-refractivity contribution in [2.24, 2.45) is 4.99 Å². The molecule has 3 rings (SSSR count). The number of benzene rings is 1. The highest BCUT2D eigenvalue weighted by molar-refractivity contribution is 7.89. The van der Waals surface area contributed by atoms with Crippen LogP contribution in [0.15, 0.2) is 28.1 Å². The van der Waals surface area contributed by atoms with E-state index in [0.29, 0.717) is 0 Å². The molecule has 1 aromatic carbocycles. The minimum Gasteiger partial charge on any atom is -0.372 e. The summed E-state index contributed by atoms with van der Waals surface area (Å²) < 4.78 is 111. The van der Waals surface area contributed by atoms with E-state index in [-0.39, 0.29) is 62.5 Å². The number of aliphatic imine (C=N–C) groups is 1. The van der Waals surface area contributed by atoms with Crippen molar-refractivity contribution < 1.29 is 39.5 Å². The lowest BCUT2D eigenvalue weighted by molar-refractivity contribution is -0.143. The quantitative estimate of drug-likeness (QED) is 0.638. The van der Waals surface area contributed by atoms with Gasteiger partial charge >= 0.3 is 12.4 Å². The zero-order valence-corrected chi connectivity index (χ0v) is 16.8. The van der Waals surface area contributed by atoms with Crippen molar-refractivity contribution in [3.8, 4) is 0 Å². The summed E-state index contributed by atoms with van der Waals surface area (Å²) in [5, 5.41) is 0. The standard InChI is InChI=1S/C17H19F6N3O3S/c1-10-8-25(9-11(2)29-10)15-24-3-4-26(15)30(27,28)14-6-12(16(18,19)20)5-13(7-14)17(21,22)23/h5-7,10-11H,3-4,8-9H2,1-2H3/t10-,11-/m0/s1. The van der Waals surface area contributed by atoms with Crippen molar-refractivity contribution in [3.63, 3.8) is 0 Å². The molecule has 1 fully saturated rings. The topological polar surface area (TPSA) is 62.2 Å². The average Bonchev–Trinajstić information content (AvgIpc) is 3.09. The van der Waals surface area contributed by atoms with Crippen molar-refractivity contribution in [3.05, 3.63) is 29.3 Å². The van der Waals surface area contributed by atoms with E-state index < -0.39 is 38.4 Å². The number of rotatable bonds is 2. The van der Waals surface area contributed by atoms with Crippen molar-refractivity contribution in [2.75, 3.05) is 26.2 Å². The maximum Gasteiger partial charge on any atom is 0.416 e. The van der Waals surface area contributed by atoms with Crippen molar-refractivity contribution >= 4 is 16.0 Å². The molecule has 13 heteroatoms. The van der Waals surface area contributed by atoms with Gasteiger partial charge in [-0.2, -0.15) is 26.3 Å². The van der Waals surface area contributed by atoms with E-state index in [2.05, 4.69) is 4.99 Å². The van der Waals surface area contributed by atoms with Gasteiger partial charge in [0, 0.05) is 13.1 Å². The van der Waals surface area contributed by atoms with Crippen LogP contribution in [0.4, 0.5) is 26.3 Å². The monoisotopic (exact) mass is 459 g/mol. The normalized spacial score (nSPS) is 23.7. The molecule has 0 aliphatic carbocycles. The summed E-state index contributed by atoms with van der Waals surface area (Å²) in [6, 6.07) is 0.319. The first-order valence-electron chi connectivity index (χ1n) is 8.96. The minimum atomic E-state index is -5.15. The molecule has 6 nitrogen and oxygen atoms in total. The smallest absolute Gasteiger partial charge is 0.372 e. The Labute approximate surface area is 169 Å². The molecule has 30 heavy (non-hydrogen) atoms. The van der Waals surface area contributed by atoms with Gasteiger partial charge in [0.2, 0.25) is 5.96 Å². The lowest BCUT2D eigenvalue weighted by Crippen LogP contribution is -2.53. The molecule has 0 radical (unpaired) electrons. The van der Waals surface area contributed by atoms with Crippen molar-refractivity contribution in [1.82, 2.24) is 9.21 Å². The van der Waals surface area contributed by atoms with Gasteiger partial charge < -0.3 is 9.64 Å². The third-order valence-electron chi connectivity index (χ3n) is 4.63. The zero-order chi connectivity index (χ0) is 22.5. The predicted octanol–water partition coefficient (Wildman–Crippen LogP) is 3.19. The molecule has 168 valence electrons. The number of hydrogen-bond acceptors (Lipinski definition) is 5. The summed E-state index contributed by atoms with van der Waals surface area (Å²) in [6.07, 6.45) is -10.8. The Morgan fingerprint density at radius 1 is 0.967 bits per heavy atom. The Bertz CT molecular complexity index is 903. The first kappa shape index (κ1) is 22.7. The molecule has 0 aromatic heterocycles. The number of alkyl halides is 6. The van der Waals surface area contributed by atoms with E-state index in [1.54, 1.807) is 18.7 Å². The molecule has 2 atom stereocenters. The fraction of sp³-hybridized carbons (Fsp3) is 0.588. The second kappa shape index (κ2) is 7.59. The van der Waals surface area contributed by atoms with Crippen LogP contribution in [0.1, 0.15) is 25.0 Å². The number of halogens is 6. The van der Waals surface area contributed by atoms with Gasteiger partial charge in [-0.1, -0.05) is 0 Å². The average molecular weight is 459 g/mol. The number of sulfonamides is 1.